The molecule has 1 saturated heterocycles. The lowest BCUT2D eigenvalue weighted by Crippen LogP contribution is -2.41. The van der Waals surface area contributed by atoms with E-state index in [4.69, 9.17) is 9.84 Å². The van der Waals surface area contributed by atoms with Crippen LogP contribution in [-0.4, -0.2) is 46.4 Å². The molecule has 0 saturated carbocycles. The molecule has 0 radical (unpaired) electrons. The number of aliphatic carboxylic acids is 1. The summed E-state index contributed by atoms with van der Waals surface area (Å²) in [4.78, 5) is 29.0. The standard InChI is InChI=1S/C14H21N3O4/c1-10(2)17-8-5-15-13(14(17)20)16-6-3-11(4-7-16)21-9-12(18)19/h5,8,10-11H,3-4,6-7,9H2,1-2H3,(H,18,19). The molecule has 2 rings (SSSR count). The molecule has 0 amide bonds. The number of hydrogen-bond donors (Lipinski definition) is 1. The van der Waals surface area contributed by atoms with Gasteiger partial charge in [-0.1, -0.05) is 0 Å². The van der Waals surface area contributed by atoms with E-state index in [2.05, 4.69) is 4.98 Å². The highest BCUT2D eigenvalue weighted by Crippen LogP contribution is 2.17. The van der Waals surface area contributed by atoms with Gasteiger partial charge in [0.15, 0.2) is 5.82 Å². The van der Waals surface area contributed by atoms with Gasteiger partial charge in [0, 0.05) is 31.5 Å². The molecule has 1 aliphatic rings. The summed E-state index contributed by atoms with van der Waals surface area (Å²) in [5, 5.41) is 8.60. The van der Waals surface area contributed by atoms with E-state index in [1.807, 2.05) is 18.7 Å². The summed E-state index contributed by atoms with van der Waals surface area (Å²) in [6.07, 6.45) is 4.67. The van der Waals surface area contributed by atoms with Crippen molar-refractivity contribution in [2.45, 2.75) is 38.8 Å². The molecule has 0 aromatic carbocycles. The Bertz CT molecular complexity index is 547. The third-order valence-corrected chi connectivity index (χ3v) is 3.59. The fourth-order valence-electron chi connectivity index (χ4n) is 2.46. The number of carboxylic acid groups (broad SMARTS) is 1. The molecule has 0 bridgehead atoms. The quantitative estimate of drug-likeness (QED) is 0.868. The van der Waals surface area contributed by atoms with Gasteiger partial charge in [0.05, 0.1) is 6.10 Å². The summed E-state index contributed by atoms with van der Waals surface area (Å²) < 4.78 is 6.95. The van der Waals surface area contributed by atoms with Crippen LogP contribution in [0.25, 0.3) is 0 Å². The second kappa shape index (κ2) is 6.71. The van der Waals surface area contributed by atoms with Crippen LogP contribution >= 0.6 is 0 Å². The van der Waals surface area contributed by atoms with Crippen LogP contribution in [0.4, 0.5) is 5.82 Å². The van der Waals surface area contributed by atoms with E-state index in [9.17, 15) is 9.59 Å². The van der Waals surface area contributed by atoms with Crippen molar-refractivity contribution in [3.05, 3.63) is 22.7 Å². The van der Waals surface area contributed by atoms with Crippen LogP contribution in [0.3, 0.4) is 0 Å². The zero-order valence-electron chi connectivity index (χ0n) is 12.4. The molecule has 21 heavy (non-hydrogen) atoms. The van der Waals surface area contributed by atoms with Crippen molar-refractivity contribution < 1.29 is 14.6 Å². The smallest absolute Gasteiger partial charge is 0.329 e. The van der Waals surface area contributed by atoms with Crippen LogP contribution < -0.4 is 10.5 Å². The molecule has 0 unspecified atom stereocenters. The third kappa shape index (κ3) is 3.81. The first-order chi connectivity index (χ1) is 9.99. The molecule has 7 heteroatoms. The Labute approximate surface area is 123 Å². The molecule has 0 spiro atoms. The largest absolute Gasteiger partial charge is 0.480 e. The average Bonchev–Trinajstić information content (AvgIpc) is 2.45. The van der Waals surface area contributed by atoms with E-state index in [1.54, 1.807) is 17.0 Å². The number of hydrogen-bond acceptors (Lipinski definition) is 5. The number of carboxylic acids is 1. The second-order valence-electron chi connectivity index (χ2n) is 5.45. The van der Waals surface area contributed by atoms with Gasteiger partial charge in [0.1, 0.15) is 6.61 Å². The van der Waals surface area contributed by atoms with Crippen LogP contribution in [0.5, 0.6) is 0 Å². The minimum absolute atomic E-state index is 0.0617. The average molecular weight is 295 g/mol. The van der Waals surface area contributed by atoms with Crippen molar-refractivity contribution in [2.75, 3.05) is 24.6 Å². The van der Waals surface area contributed by atoms with E-state index < -0.39 is 5.97 Å². The molecule has 116 valence electrons. The highest BCUT2D eigenvalue weighted by atomic mass is 16.5. The summed E-state index contributed by atoms with van der Waals surface area (Å²) in [6, 6.07) is 0.0932. The van der Waals surface area contributed by atoms with Crippen molar-refractivity contribution >= 4 is 11.8 Å². The summed E-state index contributed by atoms with van der Waals surface area (Å²) in [7, 11) is 0. The number of nitrogens with zero attached hydrogens (tertiary/aromatic N) is 3. The van der Waals surface area contributed by atoms with Crippen LogP contribution in [0.1, 0.15) is 32.7 Å². The molecule has 1 aromatic rings. The van der Waals surface area contributed by atoms with Gasteiger partial charge >= 0.3 is 5.97 Å². The lowest BCUT2D eigenvalue weighted by atomic mass is 10.1. The highest BCUT2D eigenvalue weighted by molar-refractivity contribution is 5.68. The zero-order valence-corrected chi connectivity index (χ0v) is 12.4. The number of anilines is 1. The predicted molar refractivity (Wildman–Crippen MR) is 77.7 cm³/mol. The molecule has 7 nitrogen and oxygen atoms in total. The van der Waals surface area contributed by atoms with Crippen molar-refractivity contribution in [2.24, 2.45) is 0 Å². The fourth-order valence-corrected chi connectivity index (χ4v) is 2.46. The molecule has 1 N–H and O–H groups in total. The van der Waals surface area contributed by atoms with E-state index >= 15 is 0 Å². The maximum Gasteiger partial charge on any atom is 0.329 e. The Hall–Kier alpha value is -1.89. The second-order valence-corrected chi connectivity index (χ2v) is 5.45. The molecule has 1 aliphatic heterocycles. The number of aromatic nitrogens is 2. The first-order valence-electron chi connectivity index (χ1n) is 7.14. The summed E-state index contributed by atoms with van der Waals surface area (Å²) >= 11 is 0. The Morgan fingerprint density at radius 3 is 2.71 bits per heavy atom. The van der Waals surface area contributed by atoms with Crippen LogP contribution in [0, 0.1) is 0 Å². The maximum atomic E-state index is 12.4. The minimum atomic E-state index is -0.957. The first kappa shape index (κ1) is 15.5. The van der Waals surface area contributed by atoms with Gasteiger partial charge in [0.2, 0.25) is 0 Å². The predicted octanol–water partition coefficient (Wildman–Crippen LogP) is 0.894. The van der Waals surface area contributed by atoms with Gasteiger partial charge in [-0.2, -0.15) is 0 Å². The van der Waals surface area contributed by atoms with E-state index in [-0.39, 0.29) is 24.3 Å². The molecule has 1 aromatic heterocycles. The van der Waals surface area contributed by atoms with Gasteiger partial charge in [-0.05, 0) is 26.7 Å². The van der Waals surface area contributed by atoms with Crippen molar-refractivity contribution in [3.8, 4) is 0 Å². The van der Waals surface area contributed by atoms with E-state index in [0.717, 1.165) is 0 Å². The van der Waals surface area contributed by atoms with Crippen LogP contribution in [0.2, 0.25) is 0 Å². The van der Waals surface area contributed by atoms with Crippen molar-refractivity contribution in [3.63, 3.8) is 0 Å². The Morgan fingerprint density at radius 1 is 1.48 bits per heavy atom. The molecule has 0 atom stereocenters. The number of rotatable bonds is 5. The van der Waals surface area contributed by atoms with Crippen molar-refractivity contribution in [1.29, 1.82) is 0 Å². The topological polar surface area (TPSA) is 84.7 Å². The lowest BCUT2D eigenvalue weighted by Gasteiger charge is -2.32. The number of carbonyl (C=O) groups is 1. The number of piperidine rings is 1. The van der Waals surface area contributed by atoms with Gasteiger partial charge in [-0.25, -0.2) is 9.78 Å². The van der Waals surface area contributed by atoms with Gasteiger partial charge in [-0.3, -0.25) is 4.79 Å². The molecular formula is C14H21N3O4. The van der Waals surface area contributed by atoms with E-state index in [0.29, 0.717) is 31.7 Å². The normalized spacial score (nSPS) is 16.4. The summed E-state index contributed by atoms with van der Waals surface area (Å²) in [6.45, 7) is 4.94. The molecule has 0 aliphatic carbocycles. The summed E-state index contributed by atoms with van der Waals surface area (Å²) in [5.74, 6) is -0.496. The SMILES string of the molecule is CC(C)n1ccnc(N2CCC(OCC(=O)O)CC2)c1=O. The van der Waals surface area contributed by atoms with Gasteiger partial charge in [0.25, 0.3) is 5.56 Å². The van der Waals surface area contributed by atoms with Crippen LogP contribution in [0.15, 0.2) is 17.2 Å². The summed E-state index contributed by atoms with van der Waals surface area (Å²) in [5.41, 5.74) is -0.0857. The highest BCUT2D eigenvalue weighted by Gasteiger charge is 2.23. The Morgan fingerprint density at radius 2 is 2.14 bits per heavy atom. The van der Waals surface area contributed by atoms with Gasteiger partial charge < -0.3 is 19.3 Å². The van der Waals surface area contributed by atoms with E-state index in [1.165, 1.54) is 0 Å². The molecule has 2 heterocycles. The first-order valence-corrected chi connectivity index (χ1v) is 7.14. The molecular weight excluding hydrogens is 274 g/mol. The lowest BCUT2D eigenvalue weighted by molar-refractivity contribution is -0.144. The monoisotopic (exact) mass is 295 g/mol. The number of ether oxygens (including phenoxy) is 1. The zero-order chi connectivity index (χ0) is 15.4. The third-order valence-electron chi connectivity index (χ3n) is 3.59. The van der Waals surface area contributed by atoms with Crippen LogP contribution in [-0.2, 0) is 9.53 Å². The molecule has 1 fully saturated rings. The fraction of sp³-hybridized carbons (Fsp3) is 0.643. The Balaban J connectivity index is 2.01. The maximum absolute atomic E-state index is 12.4. The van der Waals surface area contributed by atoms with Crippen molar-refractivity contribution in [1.82, 2.24) is 9.55 Å². The van der Waals surface area contributed by atoms with Gasteiger partial charge in [-0.15, -0.1) is 0 Å². The minimum Gasteiger partial charge on any atom is -0.480 e. The Kier molecular flexibility index (Phi) is 4.95.